The van der Waals surface area contributed by atoms with Gasteiger partial charge in [-0.25, -0.2) is 0 Å². The zero-order chi connectivity index (χ0) is 19.5. The fourth-order valence-electron chi connectivity index (χ4n) is 4.41. The number of nitrogens with zero attached hydrogens (tertiary/aromatic N) is 3. The number of phenols is 1. The molecule has 0 unspecified atom stereocenters. The predicted molar refractivity (Wildman–Crippen MR) is 108 cm³/mol. The largest absolute Gasteiger partial charge is 0.508 e. The van der Waals surface area contributed by atoms with Crippen LogP contribution in [0.3, 0.4) is 0 Å². The summed E-state index contributed by atoms with van der Waals surface area (Å²) < 4.78 is 2.11. The molecule has 28 heavy (non-hydrogen) atoms. The van der Waals surface area contributed by atoms with Crippen molar-refractivity contribution >= 4 is 5.91 Å². The van der Waals surface area contributed by atoms with Crippen molar-refractivity contribution in [3.05, 3.63) is 46.8 Å². The summed E-state index contributed by atoms with van der Waals surface area (Å²) in [5.74, 6) is -0.0495. The number of carbonyl (C=O) groups excluding carboxylic acids is 1. The highest BCUT2D eigenvalue weighted by atomic mass is 16.3. The first-order valence-corrected chi connectivity index (χ1v) is 10.5. The van der Waals surface area contributed by atoms with E-state index in [-0.39, 0.29) is 11.7 Å². The zero-order valence-electron chi connectivity index (χ0n) is 16.7. The molecule has 2 aliphatic rings. The number of rotatable bonds is 4. The highest BCUT2D eigenvalue weighted by Crippen LogP contribution is 2.26. The van der Waals surface area contributed by atoms with E-state index in [2.05, 4.69) is 21.0 Å². The Morgan fingerprint density at radius 2 is 2.00 bits per heavy atom. The van der Waals surface area contributed by atoms with E-state index in [0.29, 0.717) is 18.2 Å². The molecule has 0 bridgehead atoms. The van der Waals surface area contributed by atoms with Crippen molar-refractivity contribution < 1.29 is 9.90 Å². The standard InChI is InChI=1S/C22H30N4O2/c1-16-8-9-17(12-21(16)27)22(28)23-14-18-13-20-15-25(10-5-11-26(20)24-18)19-6-3-2-4-7-19/h8-9,12-13,19,27H,2-7,10-11,14-15H2,1H3,(H,23,28). The van der Waals surface area contributed by atoms with E-state index in [9.17, 15) is 9.90 Å². The molecule has 4 rings (SSSR count). The van der Waals surface area contributed by atoms with Crippen molar-refractivity contribution in [1.29, 1.82) is 0 Å². The number of aromatic hydroxyl groups is 1. The van der Waals surface area contributed by atoms with E-state index < -0.39 is 0 Å². The Kier molecular flexibility index (Phi) is 5.67. The molecule has 1 fully saturated rings. The van der Waals surface area contributed by atoms with Crippen molar-refractivity contribution in [1.82, 2.24) is 20.0 Å². The molecule has 0 saturated heterocycles. The second-order valence-corrected chi connectivity index (χ2v) is 8.15. The summed E-state index contributed by atoms with van der Waals surface area (Å²) in [7, 11) is 0. The van der Waals surface area contributed by atoms with Crippen LogP contribution in [0.4, 0.5) is 0 Å². The van der Waals surface area contributed by atoms with E-state index in [0.717, 1.165) is 37.3 Å². The average Bonchev–Trinajstić information content (AvgIpc) is 2.99. The lowest BCUT2D eigenvalue weighted by molar-refractivity contribution is 0.0950. The molecule has 1 aliphatic heterocycles. The van der Waals surface area contributed by atoms with Crippen LogP contribution >= 0.6 is 0 Å². The number of aromatic nitrogens is 2. The molecule has 1 amide bonds. The second-order valence-electron chi connectivity index (χ2n) is 8.15. The van der Waals surface area contributed by atoms with E-state index in [1.54, 1.807) is 12.1 Å². The van der Waals surface area contributed by atoms with Crippen LogP contribution < -0.4 is 5.32 Å². The fourth-order valence-corrected chi connectivity index (χ4v) is 4.41. The molecule has 0 radical (unpaired) electrons. The average molecular weight is 383 g/mol. The summed E-state index contributed by atoms with van der Waals surface area (Å²) in [6.07, 6.45) is 7.85. The van der Waals surface area contributed by atoms with Gasteiger partial charge in [0, 0.05) is 31.2 Å². The smallest absolute Gasteiger partial charge is 0.251 e. The molecule has 6 heteroatoms. The highest BCUT2D eigenvalue weighted by molar-refractivity contribution is 5.94. The van der Waals surface area contributed by atoms with Gasteiger partial charge in [0.1, 0.15) is 5.75 Å². The van der Waals surface area contributed by atoms with Gasteiger partial charge < -0.3 is 10.4 Å². The Labute approximate surface area is 166 Å². The second kappa shape index (κ2) is 8.35. The number of amides is 1. The highest BCUT2D eigenvalue weighted by Gasteiger charge is 2.24. The van der Waals surface area contributed by atoms with Gasteiger partial charge in [0.2, 0.25) is 0 Å². The van der Waals surface area contributed by atoms with Crippen LogP contribution in [0.5, 0.6) is 5.75 Å². The predicted octanol–water partition coefficient (Wildman–Crippen LogP) is 3.37. The van der Waals surface area contributed by atoms with Crippen molar-refractivity contribution in [2.45, 2.75) is 71.1 Å². The van der Waals surface area contributed by atoms with Crippen LogP contribution in [0, 0.1) is 6.92 Å². The minimum atomic E-state index is -0.192. The first-order chi connectivity index (χ1) is 13.6. The summed E-state index contributed by atoms with van der Waals surface area (Å²) in [5.41, 5.74) is 3.37. The third kappa shape index (κ3) is 4.22. The van der Waals surface area contributed by atoms with Gasteiger partial charge in [-0.1, -0.05) is 25.3 Å². The van der Waals surface area contributed by atoms with Gasteiger partial charge in [0.05, 0.1) is 17.9 Å². The number of aryl methyl sites for hydroxylation is 2. The molecule has 1 saturated carbocycles. The summed E-state index contributed by atoms with van der Waals surface area (Å²) in [4.78, 5) is 15.0. The third-order valence-electron chi connectivity index (χ3n) is 6.09. The third-order valence-corrected chi connectivity index (χ3v) is 6.09. The van der Waals surface area contributed by atoms with Crippen LogP contribution in [0.2, 0.25) is 0 Å². The molecule has 2 heterocycles. The Morgan fingerprint density at radius 3 is 2.79 bits per heavy atom. The van der Waals surface area contributed by atoms with Crippen molar-refractivity contribution in [2.24, 2.45) is 0 Å². The molecule has 0 spiro atoms. The number of benzene rings is 1. The van der Waals surface area contributed by atoms with Crippen LogP contribution in [0.25, 0.3) is 0 Å². The van der Waals surface area contributed by atoms with Gasteiger partial charge in [-0.15, -0.1) is 0 Å². The van der Waals surface area contributed by atoms with Crippen LogP contribution in [-0.2, 0) is 19.6 Å². The molecule has 6 nitrogen and oxygen atoms in total. The number of phenolic OH excluding ortho intramolecular Hbond substituents is 1. The SMILES string of the molecule is Cc1ccc(C(=O)NCc2cc3n(n2)CCCN(C2CCCCC2)C3)cc1O. The maximum Gasteiger partial charge on any atom is 0.251 e. The Hall–Kier alpha value is -2.34. The molecular formula is C22H30N4O2. The van der Waals surface area contributed by atoms with Crippen LogP contribution in [0.1, 0.15) is 65.8 Å². The van der Waals surface area contributed by atoms with Crippen LogP contribution in [0.15, 0.2) is 24.3 Å². The molecule has 150 valence electrons. The van der Waals surface area contributed by atoms with E-state index >= 15 is 0 Å². The minimum Gasteiger partial charge on any atom is -0.508 e. The van der Waals surface area contributed by atoms with Gasteiger partial charge in [-0.05, 0) is 49.9 Å². The quantitative estimate of drug-likeness (QED) is 0.851. The first-order valence-electron chi connectivity index (χ1n) is 10.5. The topological polar surface area (TPSA) is 70.4 Å². The van der Waals surface area contributed by atoms with Crippen molar-refractivity contribution in [2.75, 3.05) is 6.54 Å². The molecule has 0 atom stereocenters. The summed E-state index contributed by atoms with van der Waals surface area (Å²) >= 11 is 0. The molecule has 1 aromatic carbocycles. The van der Waals surface area contributed by atoms with Gasteiger partial charge in [0.25, 0.3) is 5.91 Å². The van der Waals surface area contributed by atoms with E-state index in [4.69, 9.17) is 5.10 Å². The van der Waals surface area contributed by atoms with Crippen LogP contribution in [-0.4, -0.2) is 38.3 Å². The Bertz CT molecular complexity index is 839. The fraction of sp³-hybridized carbons (Fsp3) is 0.545. The Morgan fingerprint density at radius 1 is 1.18 bits per heavy atom. The van der Waals surface area contributed by atoms with Gasteiger partial charge >= 0.3 is 0 Å². The number of nitrogens with one attached hydrogen (secondary N) is 1. The number of carbonyl (C=O) groups is 1. The maximum absolute atomic E-state index is 12.4. The van der Waals surface area contributed by atoms with Crippen molar-refractivity contribution in [3.63, 3.8) is 0 Å². The molecule has 1 aromatic heterocycles. The van der Waals surface area contributed by atoms with Gasteiger partial charge in [-0.3, -0.25) is 14.4 Å². The number of hydrogen-bond acceptors (Lipinski definition) is 4. The molecule has 1 aliphatic carbocycles. The van der Waals surface area contributed by atoms with E-state index in [1.807, 2.05) is 6.92 Å². The summed E-state index contributed by atoms with van der Waals surface area (Å²) in [5, 5.41) is 17.4. The number of fused-ring (bicyclic) bond motifs is 1. The molecular weight excluding hydrogens is 352 g/mol. The Balaban J connectivity index is 1.39. The monoisotopic (exact) mass is 382 g/mol. The zero-order valence-corrected chi connectivity index (χ0v) is 16.7. The van der Waals surface area contributed by atoms with Gasteiger partial charge in [0.15, 0.2) is 0 Å². The maximum atomic E-state index is 12.4. The lowest BCUT2D eigenvalue weighted by Gasteiger charge is -2.33. The number of hydrogen-bond donors (Lipinski definition) is 2. The normalized spacial score (nSPS) is 18.5. The van der Waals surface area contributed by atoms with Crippen molar-refractivity contribution in [3.8, 4) is 5.75 Å². The van der Waals surface area contributed by atoms with Gasteiger partial charge in [-0.2, -0.15) is 5.10 Å². The lowest BCUT2D eigenvalue weighted by Crippen LogP contribution is -2.36. The van der Waals surface area contributed by atoms with E-state index in [1.165, 1.54) is 43.9 Å². The molecule has 2 N–H and O–H groups in total. The minimum absolute atomic E-state index is 0.143. The lowest BCUT2D eigenvalue weighted by atomic mass is 9.94. The molecule has 2 aromatic rings. The summed E-state index contributed by atoms with van der Waals surface area (Å²) in [6, 6.07) is 7.84. The first kappa shape index (κ1) is 19.0. The summed E-state index contributed by atoms with van der Waals surface area (Å²) in [6.45, 7) is 5.26.